The van der Waals surface area contributed by atoms with Crippen LogP contribution in [-0.4, -0.2) is 49.1 Å². The van der Waals surface area contributed by atoms with E-state index in [4.69, 9.17) is 26.2 Å². The Morgan fingerprint density at radius 3 is 2.50 bits per heavy atom. The van der Waals surface area contributed by atoms with Crippen LogP contribution >= 0.6 is 22.9 Å². The van der Waals surface area contributed by atoms with E-state index in [-0.39, 0.29) is 45.5 Å². The number of piperidine rings is 1. The summed E-state index contributed by atoms with van der Waals surface area (Å²) in [5.74, 6) is 0.0843. The van der Waals surface area contributed by atoms with E-state index < -0.39 is 22.3 Å². The van der Waals surface area contributed by atoms with E-state index in [9.17, 15) is 21.6 Å². The van der Waals surface area contributed by atoms with Gasteiger partial charge < -0.3 is 9.84 Å². The smallest absolute Gasteiger partial charge is 0.290 e. The number of carboxylic acid groups (broad SMARTS) is 1. The number of carbonyl (C=O) groups is 1. The molecule has 0 saturated carbocycles. The Bertz CT molecular complexity index is 1320. The molecular formula is C24H25ClF3N3O5S2. The third-order valence-electron chi connectivity index (χ3n) is 5.92. The monoisotopic (exact) mass is 591 g/mol. The number of hydrogen-bond donors (Lipinski definition) is 2. The number of thiazole rings is 1. The summed E-state index contributed by atoms with van der Waals surface area (Å²) < 4.78 is 73.9. The second-order valence-electron chi connectivity index (χ2n) is 8.29. The minimum absolute atomic E-state index is 0.0143. The number of aromatic nitrogens is 1. The number of rotatable bonds is 8. The molecule has 0 radical (unpaired) electrons. The van der Waals surface area contributed by atoms with Crippen LogP contribution in [0.25, 0.3) is 0 Å². The number of anilines is 1. The number of sulfonamides is 1. The Kier molecular flexibility index (Phi) is 10.4. The van der Waals surface area contributed by atoms with Gasteiger partial charge in [0.2, 0.25) is 0 Å². The molecule has 1 aliphatic rings. The highest BCUT2D eigenvalue weighted by atomic mass is 35.5. The fraction of sp³-hybridized carbons (Fsp3) is 0.333. The summed E-state index contributed by atoms with van der Waals surface area (Å²) in [6.45, 7) is 2.70. The zero-order valence-electron chi connectivity index (χ0n) is 20.1. The molecule has 14 heteroatoms. The van der Waals surface area contributed by atoms with Crippen molar-refractivity contribution in [2.24, 2.45) is 0 Å². The Labute approximate surface area is 227 Å². The maximum atomic E-state index is 14.3. The predicted octanol–water partition coefficient (Wildman–Crippen LogP) is 5.98. The molecule has 1 aromatic heterocycles. The van der Waals surface area contributed by atoms with Crippen molar-refractivity contribution in [1.82, 2.24) is 9.88 Å². The van der Waals surface area contributed by atoms with E-state index in [0.717, 1.165) is 12.1 Å². The zero-order chi connectivity index (χ0) is 27.9. The molecule has 0 amide bonds. The number of halogens is 4. The normalized spacial score (nSPS) is 15.4. The number of hydrogen-bond acceptors (Lipinski definition) is 7. The molecule has 1 aliphatic heterocycles. The third kappa shape index (κ3) is 7.59. The lowest BCUT2D eigenvalue weighted by Gasteiger charge is -2.36. The summed E-state index contributed by atoms with van der Waals surface area (Å²) in [6.07, 6.45) is -1.61. The van der Waals surface area contributed by atoms with Gasteiger partial charge in [-0.25, -0.2) is 26.6 Å². The first kappa shape index (κ1) is 29.7. The van der Waals surface area contributed by atoms with E-state index >= 15 is 0 Å². The molecule has 0 bridgehead atoms. The molecule has 1 atom stereocenters. The van der Waals surface area contributed by atoms with Crippen molar-refractivity contribution in [3.8, 4) is 5.75 Å². The maximum absolute atomic E-state index is 14.3. The van der Waals surface area contributed by atoms with Gasteiger partial charge in [-0.1, -0.05) is 17.7 Å². The fourth-order valence-corrected chi connectivity index (χ4v) is 5.85. The molecule has 1 fully saturated rings. The summed E-state index contributed by atoms with van der Waals surface area (Å²) >= 11 is 7.58. The Balaban J connectivity index is 0.00000127. The largest absolute Gasteiger partial charge is 0.489 e. The Morgan fingerprint density at radius 1 is 1.24 bits per heavy atom. The number of nitrogens with zero attached hydrogens (tertiary/aromatic N) is 2. The first-order valence-corrected chi connectivity index (χ1v) is 14.1. The number of ether oxygens (including phenoxy) is 1. The first-order chi connectivity index (χ1) is 18.1. The molecule has 0 aliphatic carbocycles. The molecule has 3 aromatic rings. The second kappa shape index (κ2) is 13.3. The number of nitrogens with one attached hydrogen (secondary N) is 1. The summed E-state index contributed by atoms with van der Waals surface area (Å²) in [5.41, 5.74) is 1.56. The lowest BCUT2D eigenvalue weighted by atomic mass is 9.99. The van der Waals surface area contributed by atoms with E-state index in [2.05, 4.69) is 9.71 Å². The Morgan fingerprint density at radius 2 is 1.92 bits per heavy atom. The summed E-state index contributed by atoms with van der Waals surface area (Å²) in [6, 6.07) is 7.29. The summed E-state index contributed by atoms with van der Waals surface area (Å²) in [7, 11) is -3.84. The average molecular weight is 592 g/mol. The minimum atomic E-state index is -3.84. The predicted molar refractivity (Wildman–Crippen MR) is 138 cm³/mol. The van der Waals surface area contributed by atoms with Crippen LogP contribution in [-0.2, 0) is 14.8 Å². The van der Waals surface area contributed by atoms with E-state index in [1.807, 2.05) is 4.90 Å². The minimum Gasteiger partial charge on any atom is -0.489 e. The third-order valence-corrected chi connectivity index (χ3v) is 8.16. The van der Waals surface area contributed by atoms with Gasteiger partial charge >= 0.3 is 0 Å². The van der Waals surface area contributed by atoms with Crippen LogP contribution in [0.1, 0.15) is 43.4 Å². The molecule has 2 heterocycles. The topological polar surface area (TPSA) is 109 Å². The molecule has 2 aromatic carbocycles. The molecule has 1 saturated heterocycles. The quantitative estimate of drug-likeness (QED) is 0.310. The van der Waals surface area contributed by atoms with Gasteiger partial charge in [0.25, 0.3) is 22.9 Å². The first-order valence-electron chi connectivity index (χ1n) is 11.3. The van der Waals surface area contributed by atoms with Gasteiger partial charge in [0.1, 0.15) is 17.7 Å². The van der Waals surface area contributed by atoms with Gasteiger partial charge in [0.15, 0.2) is 5.82 Å². The molecule has 4 rings (SSSR count). The number of benzene rings is 2. The molecule has 2 N–H and O–H groups in total. The van der Waals surface area contributed by atoms with Crippen molar-refractivity contribution < 1.29 is 36.2 Å². The molecule has 0 spiro atoms. The van der Waals surface area contributed by atoms with Crippen LogP contribution in [0.3, 0.4) is 0 Å². The van der Waals surface area contributed by atoms with Crippen LogP contribution in [0, 0.1) is 5.82 Å². The number of likely N-dealkylation sites (tertiary alicyclic amines) is 1. The SMILES string of the molecule is CC(c1cc(C(F)F)ccc1F)N1CCC(Oc2ccc(S(=O)(=O)Nc3cscn3)cc2Cl)CC1.O=CO. The van der Waals surface area contributed by atoms with Crippen LogP contribution in [0.4, 0.5) is 19.0 Å². The molecular weight excluding hydrogens is 567 g/mol. The van der Waals surface area contributed by atoms with Crippen molar-refractivity contribution in [3.63, 3.8) is 0 Å². The molecule has 1 unspecified atom stereocenters. The van der Waals surface area contributed by atoms with Crippen molar-refractivity contribution >= 4 is 45.3 Å². The lowest BCUT2D eigenvalue weighted by molar-refractivity contribution is -0.122. The number of alkyl halides is 2. The molecule has 8 nitrogen and oxygen atoms in total. The second-order valence-corrected chi connectivity index (χ2v) is 11.1. The maximum Gasteiger partial charge on any atom is 0.290 e. The molecule has 206 valence electrons. The van der Waals surface area contributed by atoms with Gasteiger partial charge in [-0.3, -0.25) is 14.4 Å². The van der Waals surface area contributed by atoms with E-state index in [1.165, 1.54) is 41.1 Å². The molecule has 38 heavy (non-hydrogen) atoms. The highest BCUT2D eigenvalue weighted by molar-refractivity contribution is 7.92. The van der Waals surface area contributed by atoms with Gasteiger partial charge in [-0.05, 0) is 50.1 Å². The van der Waals surface area contributed by atoms with Gasteiger partial charge in [-0.15, -0.1) is 11.3 Å². The Hall–Kier alpha value is -2.87. The average Bonchev–Trinajstić information content (AvgIpc) is 3.38. The van der Waals surface area contributed by atoms with E-state index in [1.54, 1.807) is 12.3 Å². The van der Waals surface area contributed by atoms with Gasteiger partial charge in [0.05, 0.1) is 15.4 Å². The highest BCUT2D eigenvalue weighted by Gasteiger charge is 2.27. The lowest BCUT2D eigenvalue weighted by Crippen LogP contribution is -2.39. The van der Waals surface area contributed by atoms with Crippen LogP contribution in [0.5, 0.6) is 5.75 Å². The van der Waals surface area contributed by atoms with Crippen molar-refractivity contribution in [2.75, 3.05) is 17.8 Å². The fourth-order valence-electron chi connectivity index (χ4n) is 3.98. The van der Waals surface area contributed by atoms with Crippen LogP contribution < -0.4 is 9.46 Å². The zero-order valence-corrected chi connectivity index (χ0v) is 22.4. The van der Waals surface area contributed by atoms with Crippen LogP contribution in [0.2, 0.25) is 5.02 Å². The summed E-state index contributed by atoms with van der Waals surface area (Å²) in [5, 5.41) is 8.63. The summed E-state index contributed by atoms with van der Waals surface area (Å²) in [4.78, 5) is 14.3. The highest BCUT2D eigenvalue weighted by Crippen LogP contribution is 2.33. The van der Waals surface area contributed by atoms with Crippen molar-refractivity contribution in [2.45, 2.75) is 43.2 Å². The van der Waals surface area contributed by atoms with Gasteiger partial charge in [0, 0.05) is 35.6 Å². The van der Waals surface area contributed by atoms with E-state index in [0.29, 0.717) is 31.7 Å². The standard InChI is InChI=1S/C23H23ClF3N3O3S2.CH2O2/c1-14(18-10-15(23(26)27)2-4-20(18)25)30-8-6-16(7-9-30)33-21-5-3-17(11-19(21)24)35(31,32)29-22-12-34-13-28-22;2-1-3/h2-5,10-14,16,23,29H,6-9H2,1H3;1H,(H,2,3). The van der Waals surface area contributed by atoms with Crippen LogP contribution in [0.15, 0.2) is 52.2 Å². The van der Waals surface area contributed by atoms with Gasteiger partial charge in [-0.2, -0.15) is 0 Å². The van der Waals surface area contributed by atoms with Crippen molar-refractivity contribution in [3.05, 3.63) is 69.3 Å². The van der Waals surface area contributed by atoms with Crippen molar-refractivity contribution in [1.29, 1.82) is 0 Å².